The lowest BCUT2D eigenvalue weighted by molar-refractivity contribution is -0.137. The van der Waals surface area contributed by atoms with Crippen molar-refractivity contribution in [2.24, 2.45) is 0 Å². The van der Waals surface area contributed by atoms with Crippen molar-refractivity contribution in [3.05, 3.63) is 99.1 Å². The minimum atomic E-state index is -4.52. The average molecular weight is 658 g/mol. The number of alkyl halides is 3. The van der Waals surface area contributed by atoms with Gasteiger partial charge < -0.3 is 9.84 Å². The third-order valence-electron chi connectivity index (χ3n) is 8.08. The zero-order valence-corrected chi connectivity index (χ0v) is 27.4. The quantitative estimate of drug-likeness (QED) is 0.123. The Labute approximate surface area is 268 Å². The summed E-state index contributed by atoms with van der Waals surface area (Å²) in [4.78, 5) is 13.9. The van der Waals surface area contributed by atoms with Crippen LogP contribution >= 0.6 is 0 Å². The van der Waals surface area contributed by atoms with E-state index in [9.17, 15) is 26.4 Å². The standard InChI is InChI=1S/C35H42F3N3O4S/c1-25-21-33(45-40-25)32-22-28(34(42)41(26(32)2)30-15-12-14-29(23-30)35(36,37)38)13-10-8-6-4-5-7-9-11-20-39-24-27-16-18-31(19-17-27)46(3,43)44/h12,14-19,21-23,39H,4-11,13,20,24H2,1-3H3. The molecule has 4 rings (SSSR count). The molecular formula is C35H42F3N3O4S. The summed E-state index contributed by atoms with van der Waals surface area (Å²) in [5, 5.41) is 7.36. The summed E-state index contributed by atoms with van der Waals surface area (Å²) in [6.07, 6.45) is 5.57. The molecule has 0 amide bonds. The number of nitrogens with one attached hydrogen (secondary N) is 1. The molecule has 2 heterocycles. The van der Waals surface area contributed by atoms with Crippen LogP contribution in [0.4, 0.5) is 13.2 Å². The van der Waals surface area contributed by atoms with Crippen LogP contribution in [-0.4, -0.2) is 30.9 Å². The lowest BCUT2D eigenvalue weighted by Gasteiger charge is -2.17. The Morgan fingerprint density at radius 2 is 1.52 bits per heavy atom. The zero-order chi connectivity index (χ0) is 33.3. The fraction of sp³-hybridized carbons (Fsp3) is 0.429. The Bertz CT molecular complexity index is 1760. The monoisotopic (exact) mass is 657 g/mol. The molecule has 0 saturated carbocycles. The molecule has 1 N–H and O–H groups in total. The van der Waals surface area contributed by atoms with Crippen molar-refractivity contribution in [3.63, 3.8) is 0 Å². The molecule has 248 valence electrons. The summed E-state index contributed by atoms with van der Waals surface area (Å²) in [5.74, 6) is 0.468. The van der Waals surface area contributed by atoms with E-state index >= 15 is 0 Å². The molecule has 0 spiro atoms. The topological polar surface area (TPSA) is 94.2 Å². The lowest BCUT2D eigenvalue weighted by atomic mass is 10.0. The number of nitrogens with zero attached hydrogens (tertiary/aromatic N) is 2. The average Bonchev–Trinajstić information content (AvgIpc) is 3.44. The summed E-state index contributed by atoms with van der Waals surface area (Å²) in [7, 11) is -3.18. The summed E-state index contributed by atoms with van der Waals surface area (Å²) in [6, 6.07) is 15.3. The number of benzene rings is 2. The number of aryl methyl sites for hydroxylation is 2. The number of hydrogen-bond donors (Lipinski definition) is 1. The number of halogens is 3. The highest BCUT2D eigenvalue weighted by Crippen LogP contribution is 2.32. The Balaban J connectivity index is 1.24. The maximum Gasteiger partial charge on any atom is 0.416 e. The van der Waals surface area contributed by atoms with Crippen molar-refractivity contribution in [1.29, 1.82) is 0 Å². The van der Waals surface area contributed by atoms with Crippen LogP contribution in [0.25, 0.3) is 17.0 Å². The van der Waals surface area contributed by atoms with Gasteiger partial charge in [-0.1, -0.05) is 61.9 Å². The maximum absolute atomic E-state index is 13.6. The summed E-state index contributed by atoms with van der Waals surface area (Å²) in [6.45, 7) is 5.10. The smallest absolute Gasteiger partial charge is 0.356 e. The second kappa shape index (κ2) is 15.7. The molecule has 0 aliphatic carbocycles. The van der Waals surface area contributed by atoms with Gasteiger partial charge in [0.25, 0.3) is 5.56 Å². The normalized spacial score (nSPS) is 12.1. The molecule has 2 aromatic heterocycles. The Kier molecular flexibility index (Phi) is 12.0. The number of hydrogen-bond acceptors (Lipinski definition) is 6. The molecule has 0 bridgehead atoms. The van der Waals surface area contributed by atoms with E-state index in [1.807, 2.05) is 12.1 Å². The van der Waals surface area contributed by atoms with Gasteiger partial charge in [0.1, 0.15) is 0 Å². The van der Waals surface area contributed by atoms with Gasteiger partial charge in [0.15, 0.2) is 15.6 Å². The Morgan fingerprint density at radius 1 is 0.870 bits per heavy atom. The number of sulfone groups is 1. The number of pyridine rings is 1. The molecule has 0 unspecified atom stereocenters. The Morgan fingerprint density at radius 3 is 2.13 bits per heavy atom. The van der Waals surface area contributed by atoms with Crippen LogP contribution < -0.4 is 10.9 Å². The van der Waals surface area contributed by atoms with Crippen LogP contribution in [0.2, 0.25) is 0 Å². The summed E-state index contributed by atoms with van der Waals surface area (Å²) >= 11 is 0. The molecular weight excluding hydrogens is 615 g/mol. The lowest BCUT2D eigenvalue weighted by Crippen LogP contribution is -2.25. The van der Waals surface area contributed by atoms with Crippen molar-refractivity contribution < 1.29 is 26.1 Å². The van der Waals surface area contributed by atoms with Crippen molar-refractivity contribution in [3.8, 4) is 17.0 Å². The van der Waals surface area contributed by atoms with Crippen molar-refractivity contribution in [1.82, 2.24) is 15.0 Å². The molecule has 46 heavy (non-hydrogen) atoms. The van der Waals surface area contributed by atoms with Gasteiger partial charge in [0.05, 0.1) is 16.2 Å². The van der Waals surface area contributed by atoms with Gasteiger partial charge in [0.2, 0.25) is 0 Å². The van der Waals surface area contributed by atoms with Gasteiger partial charge in [0, 0.05) is 41.4 Å². The molecule has 0 aliphatic rings. The Hall–Kier alpha value is -3.70. The van der Waals surface area contributed by atoms with Gasteiger partial charge in [-0.3, -0.25) is 9.36 Å². The molecule has 0 atom stereocenters. The van der Waals surface area contributed by atoms with Gasteiger partial charge in [-0.25, -0.2) is 8.42 Å². The fourth-order valence-electron chi connectivity index (χ4n) is 5.52. The minimum absolute atomic E-state index is 0.162. The van der Waals surface area contributed by atoms with E-state index in [0.717, 1.165) is 75.6 Å². The van der Waals surface area contributed by atoms with E-state index in [4.69, 9.17) is 4.52 Å². The third kappa shape index (κ3) is 9.65. The summed E-state index contributed by atoms with van der Waals surface area (Å²) in [5.41, 5.74) is 2.40. The van der Waals surface area contributed by atoms with Crippen LogP contribution in [0, 0.1) is 13.8 Å². The number of aromatic nitrogens is 2. The van der Waals surface area contributed by atoms with Crippen molar-refractivity contribution >= 4 is 9.84 Å². The molecule has 0 aliphatic heterocycles. The molecule has 7 nitrogen and oxygen atoms in total. The molecule has 0 fully saturated rings. The van der Waals surface area contributed by atoms with E-state index in [-0.39, 0.29) is 11.2 Å². The largest absolute Gasteiger partial charge is 0.416 e. The highest BCUT2D eigenvalue weighted by Gasteiger charge is 2.31. The SMILES string of the molecule is Cc1cc(-c2cc(CCCCCCCCCCNCc3ccc(S(C)(=O)=O)cc3)c(=O)n(-c3cccc(C(F)(F)F)c3)c2C)on1. The van der Waals surface area contributed by atoms with Gasteiger partial charge in [-0.05, 0) is 81.6 Å². The third-order valence-corrected chi connectivity index (χ3v) is 9.21. The maximum atomic E-state index is 13.6. The van der Waals surface area contributed by atoms with Gasteiger partial charge in [-0.15, -0.1) is 0 Å². The molecule has 0 radical (unpaired) electrons. The molecule has 0 saturated heterocycles. The van der Waals surface area contributed by atoms with Crippen LogP contribution in [0.5, 0.6) is 0 Å². The first-order chi connectivity index (χ1) is 21.8. The first-order valence-electron chi connectivity index (χ1n) is 15.7. The molecule has 11 heteroatoms. The van der Waals surface area contributed by atoms with E-state index < -0.39 is 21.6 Å². The van der Waals surface area contributed by atoms with Crippen LogP contribution in [0.1, 0.15) is 79.4 Å². The van der Waals surface area contributed by atoms with Crippen molar-refractivity contribution in [2.45, 2.75) is 89.3 Å². The van der Waals surface area contributed by atoms with E-state index in [0.29, 0.717) is 46.1 Å². The van der Waals surface area contributed by atoms with Crippen molar-refractivity contribution in [2.75, 3.05) is 12.8 Å². The van der Waals surface area contributed by atoms with E-state index in [1.165, 1.54) is 23.0 Å². The van der Waals surface area contributed by atoms with Gasteiger partial charge >= 0.3 is 6.18 Å². The first-order valence-corrected chi connectivity index (χ1v) is 17.6. The molecule has 4 aromatic rings. The zero-order valence-electron chi connectivity index (χ0n) is 26.6. The van der Waals surface area contributed by atoms with E-state index in [2.05, 4.69) is 10.5 Å². The minimum Gasteiger partial charge on any atom is -0.356 e. The number of unbranched alkanes of at least 4 members (excludes halogenated alkanes) is 7. The van der Waals surface area contributed by atoms with Crippen LogP contribution in [-0.2, 0) is 29.0 Å². The second-order valence-corrected chi connectivity index (χ2v) is 13.9. The highest BCUT2D eigenvalue weighted by molar-refractivity contribution is 7.90. The fourth-order valence-corrected chi connectivity index (χ4v) is 6.15. The van der Waals surface area contributed by atoms with Gasteiger partial charge in [-0.2, -0.15) is 13.2 Å². The molecule has 2 aromatic carbocycles. The summed E-state index contributed by atoms with van der Waals surface area (Å²) < 4.78 is 70.4. The first kappa shape index (κ1) is 35.2. The second-order valence-electron chi connectivity index (χ2n) is 11.9. The number of rotatable bonds is 16. The van der Waals surface area contributed by atoms with Crippen LogP contribution in [0.3, 0.4) is 0 Å². The highest BCUT2D eigenvalue weighted by atomic mass is 32.2. The predicted octanol–water partition coefficient (Wildman–Crippen LogP) is 7.98. The van der Waals surface area contributed by atoms with Crippen LogP contribution in [0.15, 0.2) is 74.9 Å². The predicted molar refractivity (Wildman–Crippen MR) is 174 cm³/mol. The van der Waals surface area contributed by atoms with E-state index in [1.54, 1.807) is 38.1 Å².